The Labute approximate surface area is 86.4 Å². The average molecular weight is 199 g/mol. The van der Waals surface area contributed by atoms with E-state index in [1.54, 1.807) is 0 Å². The average Bonchev–Trinajstić information content (AvgIpc) is 2.87. The molecule has 1 rings (SSSR count). The van der Waals surface area contributed by atoms with E-state index in [2.05, 4.69) is 18.7 Å². The number of ether oxygens (including phenoxy) is 1. The van der Waals surface area contributed by atoms with Crippen molar-refractivity contribution in [1.82, 2.24) is 4.90 Å². The van der Waals surface area contributed by atoms with Crippen LogP contribution in [-0.4, -0.2) is 37.6 Å². The van der Waals surface area contributed by atoms with Crippen LogP contribution in [0.1, 0.15) is 26.7 Å². The number of esters is 1. The molecule has 0 aromatic rings. The first-order chi connectivity index (χ1) is 6.56. The second-order valence-corrected chi connectivity index (χ2v) is 4.64. The summed E-state index contributed by atoms with van der Waals surface area (Å²) in [4.78, 5) is 13.7. The fourth-order valence-corrected chi connectivity index (χ4v) is 1.95. The van der Waals surface area contributed by atoms with Gasteiger partial charge in [0.05, 0.1) is 7.11 Å². The molecule has 0 spiro atoms. The summed E-state index contributed by atoms with van der Waals surface area (Å²) in [5.74, 6) is 1.05. The van der Waals surface area contributed by atoms with Gasteiger partial charge in [-0.2, -0.15) is 0 Å². The van der Waals surface area contributed by atoms with Crippen molar-refractivity contribution in [2.24, 2.45) is 11.8 Å². The second kappa shape index (κ2) is 4.78. The fraction of sp³-hybridized carbons (Fsp3) is 0.909. The first-order valence-electron chi connectivity index (χ1n) is 5.34. The molecule has 1 aliphatic carbocycles. The molecule has 0 heterocycles. The number of hydrogen-bond acceptors (Lipinski definition) is 3. The molecule has 14 heavy (non-hydrogen) atoms. The molecule has 3 nitrogen and oxygen atoms in total. The summed E-state index contributed by atoms with van der Waals surface area (Å²) in [6, 6.07) is -0.0117. The van der Waals surface area contributed by atoms with Crippen molar-refractivity contribution in [3.05, 3.63) is 0 Å². The Morgan fingerprint density at radius 1 is 1.50 bits per heavy atom. The molecule has 0 aromatic carbocycles. The highest BCUT2D eigenvalue weighted by Gasteiger charge is 2.39. The van der Waals surface area contributed by atoms with Gasteiger partial charge in [0.25, 0.3) is 0 Å². The van der Waals surface area contributed by atoms with Crippen LogP contribution in [0.3, 0.4) is 0 Å². The molecule has 0 bridgehead atoms. The highest BCUT2D eigenvalue weighted by atomic mass is 16.5. The summed E-state index contributed by atoms with van der Waals surface area (Å²) in [5, 5.41) is 0. The van der Waals surface area contributed by atoms with Crippen LogP contribution in [0.2, 0.25) is 0 Å². The van der Waals surface area contributed by atoms with Crippen LogP contribution in [0.4, 0.5) is 0 Å². The van der Waals surface area contributed by atoms with E-state index >= 15 is 0 Å². The zero-order valence-corrected chi connectivity index (χ0v) is 9.62. The molecule has 3 heteroatoms. The SMILES string of the molecule is COC(=O)C(C1CC1)N(C)CC(C)C. The Hall–Kier alpha value is -0.570. The summed E-state index contributed by atoms with van der Waals surface area (Å²) < 4.78 is 4.84. The van der Waals surface area contributed by atoms with Crippen molar-refractivity contribution in [3.63, 3.8) is 0 Å². The lowest BCUT2D eigenvalue weighted by molar-refractivity contribution is -0.147. The lowest BCUT2D eigenvalue weighted by Gasteiger charge is -2.27. The second-order valence-electron chi connectivity index (χ2n) is 4.64. The third-order valence-electron chi connectivity index (χ3n) is 2.64. The van der Waals surface area contributed by atoms with Crippen LogP contribution in [0.25, 0.3) is 0 Å². The van der Waals surface area contributed by atoms with Gasteiger partial charge in [-0.25, -0.2) is 0 Å². The number of likely N-dealkylation sites (N-methyl/N-ethyl adjacent to an activating group) is 1. The third-order valence-corrected chi connectivity index (χ3v) is 2.64. The molecule has 1 aliphatic rings. The first kappa shape index (κ1) is 11.5. The summed E-state index contributed by atoms with van der Waals surface area (Å²) in [7, 11) is 3.49. The smallest absolute Gasteiger partial charge is 0.323 e. The Kier molecular flexibility index (Phi) is 3.93. The van der Waals surface area contributed by atoms with Gasteiger partial charge in [0.1, 0.15) is 6.04 Å². The quantitative estimate of drug-likeness (QED) is 0.629. The van der Waals surface area contributed by atoms with E-state index in [0.717, 1.165) is 6.54 Å². The van der Waals surface area contributed by atoms with E-state index in [1.165, 1.54) is 20.0 Å². The van der Waals surface area contributed by atoms with Crippen LogP contribution >= 0.6 is 0 Å². The molecule has 1 unspecified atom stereocenters. The van der Waals surface area contributed by atoms with Gasteiger partial charge in [-0.05, 0) is 31.7 Å². The molecule has 1 saturated carbocycles. The maximum absolute atomic E-state index is 11.6. The van der Waals surface area contributed by atoms with Gasteiger partial charge < -0.3 is 4.74 Å². The van der Waals surface area contributed by atoms with Crippen LogP contribution in [0.15, 0.2) is 0 Å². The fourth-order valence-electron chi connectivity index (χ4n) is 1.95. The van der Waals surface area contributed by atoms with E-state index < -0.39 is 0 Å². The van der Waals surface area contributed by atoms with Crippen LogP contribution in [0, 0.1) is 11.8 Å². The van der Waals surface area contributed by atoms with Gasteiger partial charge in [0.15, 0.2) is 0 Å². The van der Waals surface area contributed by atoms with Gasteiger partial charge in [0.2, 0.25) is 0 Å². The van der Waals surface area contributed by atoms with Gasteiger partial charge >= 0.3 is 5.97 Å². The van der Waals surface area contributed by atoms with Crippen molar-refractivity contribution in [2.45, 2.75) is 32.7 Å². The predicted molar refractivity (Wildman–Crippen MR) is 56.0 cm³/mol. The maximum atomic E-state index is 11.6. The molecular weight excluding hydrogens is 178 g/mol. The van der Waals surface area contributed by atoms with Crippen molar-refractivity contribution in [3.8, 4) is 0 Å². The maximum Gasteiger partial charge on any atom is 0.323 e. The molecule has 0 N–H and O–H groups in total. The van der Waals surface area contributed by atoms with Crippen molar-refractivity contribution >= 4 is 5.97 Å². The monoisotopic (exact) mass is 199 g/mol. The first-order valence-corrected chi connectivity index (χ1v) is 5.34. The molecule has 1 atom stereocenters. The Balaban J connectivity index is 2.52. The highest BCUT2D eigenvalue weighted by Crippen LogP contribution is 2.35. The molecule has 82 valence electrons. The summed E-state index contributed by atoms with van der Waals surface area (Å²) >= 11 is 0. The molecule has 0 aliphatic heterocycles. The highest BCUT2D eigenvalue weighted by molar-refractivity contribution is 5.76. The zero-order chi connectivity index (χ0) is 10.7. The van der Waals surface area contributed by atoms with E-state index in [-0.39, 0.29) is 12.0 Å². The number of nitrogens with zero attached hydrogens (tertiary/aromatic N) is 1. The van der Waals surface area contributed by atoms with E-state index in [4.69, 9.17) is 4.74 Å². The van der Waals surface area contributed by atoms with E-state index in [9.17, 15) is 4.79 Å². The topological polar surface area (TPSA) is 29.5 Å². The number of hydrogen-bond donors (Lipinski definition) is 0. The van der Waals surface area contributed by atoms with Crippen molar-refractivity contribution in [2.75, 3.05) is 20.7 Å². The summed E-state index contributed by atoms with van der Waals surface area (Å²) in [6.45, 7) is 5.28. The number of methoxy groups -OCH3 is 1. The molecule has 1 fully saturated rings. The van der Waals surface area contributed by atoms with E-state index in [0.29, 0.717) is 11.8 Å². The number of rotatable bonds is 5. The molecule has 0 aromatic heterocycles. The minimum Gasteiger partial charge on any atom is -0.468 e. The lowest BCUT2D eigenvalue weighted by atomic mass is 10.1. The van der Waals surface area contributed by atoms with Crippen LogP contribution in [0.5, 0.6) is 0 Å². The normalized spacial score (nSPS) is 18.7. The third kappa shape index (κ3) is 2.98. The lowest BCUT2D eigenvalue weighted by Crippen LogP contribution is -2.42. The zero-order valence-electron chi connectivity index (χ0n) is 9.62. The molecular formula is C11H21NO2. The van der Waals surface area contributed by atoms with Crippen LogP contribution in [-0.2, 0) is 9.53 Å². The molecule has 0 saturated heterocycles. The minimum atomic E-state index is -0.0735. The van der Waals surface area contributed by atoms with Gasteiger partial charge in [-0.15, -0.1) is 0 Å². The number of carbonyl (C=O) groups excluding carboxylic acids is 1. The van der Waals surface area contributed by atoms with Crippen molar-refractivity contribution in [1.29, 1.82) is 0 Å². The Bertz CT molecular complexity index is 199. The largest absolute Gasteiger partial charge is 0.468 e. The van der Waals surface area contributed by atoms with Crippen LogP contribution < -0.4 is 0 Å². The van der Waals surface area contributed by atoms with Gasteiger partial charge in [-0.1, -0.05) is 13.8 Å². The standard InChI is InChI=1S/C11H21NO2/c1-8(2)7-12(3)10(9-5-6-9)11(13)14-4/h8-10H,5-7H2,1-4H3. The van der Waals surface area contributed by atoms with Crippen molar-refractivity contribution < 1.29 is 9.53 Å². The Morgan fingerprint density at radius 2 is 2.07 bits per heavy atom. The Morgan fingerprint density at radius 3 is 2.43 bits per heavy atom. The van der Waals surface area contributed by atoms with E-state index in [1.807, 2.05) is 7.05 Å². The van der Waals surface area contributed by atoms with Gasteiger partial charge in [0, 0.05) is 6.54 Å². The molecule has 0 amide bonds. The summed E-state index contributed by atoms with van der Waals surface area (Å²) in [6.07, 6.45) is 2.34. The number of carbonyl (C=O) groups is 1. The van der Waals surface area contributed by atoms with Gasteiger partial charge in [-0.3, -0.25) is 9.69 Å². The summed E-state index contributed by atoms with van der Waals surface area (Å²) in [5.41, 5.74) is 0. The molecule has 0 radical (unpaired) electrons. The minimum absolute atomic E-state index is 0.0117. The predicted octanol–water partition coefficient (Wildman–Crippen LogP) is 1.53.